The summed E-state index contributed by atoms with van der Waals surface area (Å²) in [5.74, 6) is -1.83. The van der Waals surface area contributed by atoms with Crippen LogP contribution in [-0.4, -0.2) is 21.8 Å². The van der Waals surface area contributed by atoms with Crippen molar-refractivity contribution >= 4 is 17.6 Å². The standard InChI is InChI=1S/C24H17N3O3.Na/c28-23(20-12-19(14-26-15-20)17-8-10-25-11-9-17)27-22-13-18(6-7-21(22)24(29)30)16-4-2-1-3-5-16;/h1-15H,(H,27,28)(H,29,30);/q;+1/p-1. The number of aromatic nitrogens is 2. The van der Waals surface area contributed by atoms with Gasteiger partial charge in [0.05, 0.1) is 17.2 Å². The largest absolute Gasteiger partial charge is 1.00 e. The molecule has 6 nitrogen and oxygen atoms in total. The second-order valence-electron chi connectivity index (χ2n) is 6.57. The molecule has 31 heavy (non-hydrogen) atoms. The van der Waals surface area contributed by atoms with Crippen molar-refractivity contribution in [1.82, 2.24) is 9.97 Å². The fourth-order valence-corrected chi connectivity index (χ4v) is 3.10. The smallest absolute Gasteiger partial charge is 0.545 e. The van der Waals surface area contributed by atoms with Gasteiger partial charge in [-0.25, -0.2) is 0 Å². The third-order valence-electron chi connectivity index (χ3n) is 4.61. The number of nitrogens with one attached hydrogen (secondary N) is 1. The van der Waals surface area contributed by atoms with Crippen molar-refractivity contribution in [3.05, 3.63) is 103 Å². The Morgan fingerprint density at radius 3 is 2.16 bits per heavy atom. The van der Waals surface area contributed by atoms with Gasteiger partial charge in [-0.1, -0.05) is 42.5 Å². The van der Waals surface area contributed by atoms with E-state index in [4.69, 9.17) is 0 Å². The first-order valence-electron chi connectivity index (χ1n) is 9.19. The third-order valence-corrected chi connectivity index (χ3v) is 4.61. The van der Waals surface area contributed by atoms with Crippen LogP contribution in [0.2, 0.25) is 0 Å². The molecule has 1 amide bonds. The van der Waals surface area contributed by atoms with Crippen molar-refractivity contribution in [3.63, 3.8) is 0 Å². The zero-order chi connectivity index (χ0) is 20.9. The molecule has 0 radical (unpaired) electrons. The quantitative estimate of drug-likeness (QED) is 0.475. The van der Waals surface area contributed by atoms with Gasteiger partial charge in [-0.05, 0) is 41.0 Å². The van der Waals surface area contributed by atoms with Gasteiger partial charge >= 0.3 is 29.6 Å². The van der Waals surface area contributed by atoms with Crippen LogP contribution in [0, 0.1) is 0 Å². The zero-order valence-corrected chi connectivity index (χ0v) is 18.8. The molecule has 0 saturated heterocycles. The molecule has 0 fully saturated rings. The minimum atomic E-state index is -1.37. The maximum absolute atomic E-state index is 12.8. The number of carbonyl (C=O) groups excluding carboxylic acids is 2. The Morgan fingerprint density at radius 1 is 0.742 bits per heavy atom. The first-order valence-corrected chi connectivity index (χ1v) is 9.19. The van der Waals surface area contributed by atoms with Crippen LogP contribution in [0.4, 0.5) is 5.69 Å². The second kappa shape index (κ2) is 10.1. The summed E-state index contributed by atoms with van der Waals surface area (Å²) in [4.78, 5) is 32.5. The van der Waals surface area contributed by atoms with Crippen LogP contribution in [-0.2, 0) is 0 Å². The Morgan fingerprint density at radius 2 is 1.45 bits per heavy atom. The minimum Gasteiger partial charge on any atom is -0.545 e. The number of carbonyl (C=O) groups is 2. The number of benzene rings is 2. The Hall–Kier alpha value is -3.32. The average Bonchev–Trinajstić information content (AvgIpc) is 2.80. The number of carboxylic acid groups (broad SMARTS) is 1. The van der Waals surface area contributed by atoms with Crippen LogP contribution in [0.3, 0.4) is 0 Å². The number of rotatable bonds is 5. The van der Waals surface area contributed by atoms with Crippen molar-refractivity contribution < 1.29 is 44.3 Å². The zero-order valence-electron chi connectivity index (χ0n) is 16.8. The first-order chi connectivity index (χ1) is 14.6. The van der Waals surface area contributed by atoms with E-state index in [0.29, 0.717) is 5.56 Å². The van der Waals surface area contributed by atoms with Crippen molar-refractivity contribution in [2.45, 2.75) is 0 Å². The minimum absolute atomic E-state index is 0. The average molecular weight is 417 g/mol. The monoisotopic (exact) mass is 417 g/mol. The SMILES string of the molecule is O=C(Nc1cc(-c2ccccc2)ccc1C(=O)[O-])c1cncc(-c2ccncc2)c1.[Na+]. The molecule has 2 heterocycles. The number of hydrogen-bond acceptors (Lipinski definition) is 5. The van der Waals surface area contributed by atoms with E-state index >= 15 is 0 Å². The molecular weight excluding hydrogens is 401 g/mol. The van der Waals surface area contributed by atoms with Gasteiger partial charge in [-0.15, -0.1) is 0 Å². The summed E-state index contributed by atoms with van der Waals surface area (Å²) in [5.41, 5.74) is 3.67. The number of hydrogen-bond donors (Lipinski definition) is 1. The maximum atomic E-state index is 12.8. The van der Waals surface area contributed by atoms with E-state index in [2.05, 4.69) is 15.3 Å². The Kier molecular flexibility index (Phi) is 7.31. The van der Waals surface area contributed by atoms with E-state index in [1.54, 1.807) is 36.8 Å². The summed E-state index contributed by atoms with van der Waals surface area (Å²) in [5, 5.41) is 14.2. The number of amides is 1. The molecule has 2 aromatic heterocycles. The summed E-state index contributed by atoms with van der Waals surface area (Å²) >= 11 is 0. The third kappa shape index (κ3) is 5.24. The number of anilines is 1. The van der Waals surface area contributed by atoms with Crippen molar-refractivity contribution in [2.24, 2.45) is 0 Å². The number of carboxylic acids is 1. The van der Waals surface area contributed by atoms with Crippen LogP contribution in [0.25, 0.3) is 22.3 Å². The molecule has 0 spiro atoms. The molecule has 1 N–H and O–H groups in total. The van der Waals surface area contributed by atoms with E-state index in [-0.39, 0.29) is 40.8 Å². The van der Waals surface area contributed by atoms with Crippen LogP contribution < -0.4 is 40.0 Å². The molecule has 7 heteroatoms. The topological polar surface area (TPSA) is 95.0 Å². The summed E-state index contributed by atoms with van der Waals surface area (Å²) in [7, 11) is 0. The summed E-state index contributed by atoms with van der Waals surface area (Å²) in [6.07, 6.45) is 6.39. The van der Waals surface area contributed by atoms with Gasteiger partial charge in [0, 0.05) is 35.9 Å². The molecule has 4 aromatic rings. The van der Waals surface area contributed by atoms with Gasteiger partial charge in [0.1, 0.15) is 0 Å². The van der Waals surface area contributed by atoms with Gasteiger partial charge in [0.2, 0.25) is 0 Å². The summed E-state index contributed by atoms with van der Waals surface area (Å²) in [6.45, 7) is 0. The van der Waals surface area contributed by atoms with E-state index < -0.39 is 11.9 Å². The Labute approximate surface area is 201 Å². The number of aromatic carboxylic acids is 1. The van der Waals surface area contributed by atoms with Crippen LogP contribution in [0.5, 0.6) is 0 Å². The van der Waals surface area contributed by atoms with Gasteiger partial charge in [-0.3, -0.25) is 14.8 Å². The van der Waals surface area contributed by atoms with Crippen molar-refractivity contribution in [3.8, 4) is 22.3 Å². The molecule has 0 unspecified atom stereocenters. The maximum Gasteiger partial charge on any atom is 1.00 e. The van der Waals surface area contributed by atoms with Gasteiger partial charge < -0.3 is 15.2 Å². The van der Waals surface area contributed by atoms with Crippen molar-refractivity contribution in [1.29, 1.82) is 0 Å². The van der Waals surface area contributed by atoms with E-state index in [0.717, 1.165) is 22.3 Å². The normalized spacial score (nSPS) is 10.1. The predicted octanol–water partition coefficient (Wildman–Crippen LogP) is 0.430. The molecule has 2 aromatic carbocycles. The Balaban J connectivity index is 0.00000272. The van der Waals surface area contributed by atoms with Crippen LogP contribution in [0.15, 0.2) is 91.5 Å². The molecule has 0 saturated carbocycles. The molecule has 0 aliphatic carbocycles. The van der Waals surface area contributed by atoms with E-state index in [1.165, 1.54) is 12.3 Å². The van der Waals surface area contributed by atoms with Gasteiger partial charge in [-0.2, -0.15) is 0 Å². The van der Waals surface area contributed by atoms with E-state index in [9.17, 15) is 14.7 Å². The van der Waals surface area contributed by atoms with Crippen molar-refractivity contribution in [2.75, 3.05) is 5.32 Å². The fourth-order valence-electron chi connectivity index (χ4n) is 3.10. The number of nitrogens with zero attached hydrogens (tertiary/aromatic N) is 2. The molecule has 4 rings (SSSR count). The van der Waals surface area contributed by atoms with Crippen LogP contribution >= 0.6 is 0 Å². The second-order valence-corrected chi connectivity index (χ2v) is 6.57. The molecule has 0 atom stereocenters. The predicted molar refractivity (Wildman–Crippen MR) is 112 cm³/mol. The summed E-state index contributed by atoms with van der Waals surface area (Å²) < 4.78 is 0. The van der Waals surface area contributed by atoms with Gasteiger partial charge in [0.25, 0.3) is 5.91 Å². The number of pyridine rings is 2. The fraction of sp³-hybridized carbons (Fsp3) is 0. The molecule has 0 bridgehead atoms. The molecule has 0 aliphatic rings. The molecular formula is C24H16N3NaO3. The Bertz CT molecular complexity index is 1220. The van der Waals surface area contributed by atoms with E-state index in [1.807, 2.05) is 42.5 Å². The first kappa shape index (κ1) is 22.4. The van der Waals surface area contributed by atoms with Gasteiger partial charge in [0.15, 0.2) is 0 Å². The van der Waals surface area contributed by atoms with Crippen LogP contribution in [0.1, 0.15) is 20.7 Å². The molecule has 146 valence electrons. The molecule has 0 aliphatic heterocycles. The summed E-state index contributed by atoms with van der Waals surface area (Å²) in [6, 6.07) is 19.5.